The van der Waals surface area contributed by atoms with Crippen LogP contribution < -0.4 is 0 Å². The lowest BCUT2D eigenvalue weighted by Crippen LogP contribution is -2.18. The van der Waals surface area contributed by atoms with Crippen LogP contribution in [0.5, 0.6) is 0 Å². The highest BCUT2D eigenvalue weighted by molar-refractivity contribution is 7.32. The molecular weight excluding hydrogens is 243 g/mol. The van der Waals surface area contributed by atoms with E-state index < -0.39 is 19.8 Å². The third-order valence-corrected chi connectivity index (χ3v) is 3.03. The number of esters is 1. The van der Waals surface area contributed by atoms with Gasteiger partial charge in [0.25, 0.3) is 0 Å². The Morgan fingerprint density at radius 3 is 2.24 bits per heavy atom. The van der Waals surface area contributed by atoms with Crippen molar-refractivity contribution in [2.45, 2.75) is 19.4 Å². The number of methoxy groups -OCH3 is 1. The van der Waals surface area contributed by atoms with Crippen molar-refractivity contribution in [1.82, 2.24) is 0 Å². The Morgan fingerprint density at radius 1 is 1.29 bits per heavy atom. The number of hydrogen-bond donors (Lipinski definition) is 1. The van der Waals surface area contributed by atoms with E-state index in [1.165, 1.54) is 7.11 Å². The van der Waals surface area contributed by atoms with Gasteiger partial charge in [-0.1, -0.05) is 12.1 Å². The highest BCUT2D eigenvalue weighted by Gasteiger charge is 2.23. The number of hydrogen-bond acceptors (Lipinski definition) is 4. The summed E-state index contributed by atoms with van der Waals surface area (Å²) in [7, 11) is -1.70. The van der Waals surface area contributed by atoms with E-state index >= 15 is 0 Å². The van der Waals surface area contributed by atoms with Crippen molar-refractivity contribution in [3.63, 3.8) is 0 Å². The molecule has 0 aromatic heterocycles. The van der Waals surface area contributed by atoms with E-state index in [1.54, 1.807) is 38.1 Å². The third-order valence-electron chi connectivity index (χ3n) is 2.34. The first-order valence-electron chi connectivity index (χ1n) is 4.97. The zero-order chi connectivity index (χ0) is 13.1. The van der Waals surface area contributed by atoms with Crippen molar-refractivity contribution < 1.29 is 23.5 Å². The van der Waals surface area contributed by atoms with Gasteiger partial charge in [0.15, 0.2) is 0 Å². The Balaban J connectivity index is 2.94. The smallest absolute Gasteiger partial charge is 0.337 e. The first-order valence-corrected chi connectivity index (χ1v) is 6.24. The minimum Gasteiger partial charge on any atom is -0.465 e. The van der Waals surface area contributed by atoms with E-state index in [4.69, 9.17) is 9.42 Å². The summed E-state index contributed by atoms with van der Waals surface area (Å²) in [5.74, 6) is -0.425. The third kappa shape index (κ3) is 3.66. The topological polar surface area (TPSA) is 72.8 Å². The normalized spacial score (nSPS) is 13.2. The maximum Gasteiger partial charge on any atom is 0.337 e. The molecule has 94 valence electrons. The fraction of sp³-hybridized carbons (Fsp3) is 0.364. The van der Waals surface area contributed by atoms with Gasteiger partial charge in [-0.25, -0.2) is 4.79 Å². The van der Waals surface area contributed by atoms with E-state index in [0.717, 1.165) is 0 Å². The molecule has 0 aliphatic rings. The van der Waals surface area contributed by atoms with Crippen LogP contribution in [0.3, 0.4) is 0 Å². The van der Waals surface area contributed by atoms with Crippen molar-refractivity contribution >= 4 is 14.2 Å². The predicted molar refractivity (Wildman–Crippen MR) is 63.1 cm³/mol. The van der Waals surface area contributed by atoms with E-state index in [2.05, 4.69) is 4.74 Å². The predicted octanol–water partition coefficient (Wildman–Crippen LogP) is 2.11. The Bertz CT molecular complexity index is 424. The highest BCUT2D eigenvalue weighted by atomic mass is 31.1. The lowest BCUT2D eigenvalue weighted by molar-refractivity contribution is 0.0599. The van der Waals surface area contributed by atoms with Crippen molar-refractivity contribution in [2.24, 2.45) is 0 Å². The lowest BCUT2D eigenvalue weighted by atomic mass is 9.97. The van der Waals surface area contributed by atoms with Gasteiger partial charge >= 0.3 is 14.2 Å². The summed E-state index contributed by atoms with van der Waals surface area (Å²) < 4.78 is 20.2. The molecule has 1 aromatic carbocycles. The van der Waals surface area contributed by atoms with Gasteiger partial charge in [-0.3, -0.25) is 9.09 Å². The zero-order valence-electron chi connectivity index (χ0n) is 9.89. The van der Waals surface area contributed by atoms with E-state index in [0.29, 0.717) is 11.1 Å². The molecule has 0 heterocycles. The van der Waals surface area contributed by atoms with E-state index in [9.17, 15) is 9.36 Å². The fourth-order valence-corrected chi connectivity index (χ4v) is 1.96. The summed E-state index contributed by atoms with van der Waals surface area (Å²) in [6, 6.07) is 6.50. The summed E-state index contributed by atoms with van der Waals surface area (Å²) in [5, 5.41) is 0. The Kier molecular flexibility index (Phi) is 4.46. The first kappa shape index (κ1) is 13.9. The second kappa shape index (κ2) is 5.45. The van der Waals surface area contributed by atoms with E-state index in [1.807, 2.05) is 0 Å². The first-order chi connectivity index (χ1) is 7.86. The fourth-order valence-electron chi connectivity index (χ4n) is 1.40. The van der Waals surface area contributed by atoms with Crippen LogP contribution in [-0.2, 0) is 19.4 Å². The Hall–Kier alpha value is -1.16. The minimum absolute atomic E-state index is 0.420. The molecule has 1 rings (SSSR count). The van der Waals surface area contributed by atoms with Crippen LogP contribution in [0, 0.1) is 0 Å². The largest absolute Gasteiger partial charge is 0.465 e. The number of carbonyl (C=O) groups excluding carboxylic acids is 1. The molecule has 0 radical (unpaired) electrons. The van der Waals surface area contributed by atoms with Gasteiger partial charge in [0, 0.05) is 0 Å². The summed E-state index contributed by atoms with van der Waals surface area (Å²) in [4.78, 5) is 20.0. The van der Waals surface area contributed by atoms with Crippen LogP contribution in [-0.4, -0.2) is 18.0 Å². The maximum atomic E-state index is 11.2. The monoisotopic (exact) mass is 258 g/mol. The quantitative estimate of drug-likeness (QED) is 0.661. The van der Waals surface area contributed by atoms with Crippen LogP contribution in [0.2, 0.25) is 0 Å². The summed E-state index contributed by atoms with van der Waals surface area (Å²) in [6.07, 6.45) is 0. The number of benzene rings is 1. The summed E-state index contributed by atoms with van der Waals surface area (Å²) in [5.41, 5.74) is 0.251. The number of rotatable bonds is 4. The van der Waals surface area contributed by atoms with Gasteiger partial charge in [0.05, 0.1) is 18.3 Å². The molecular formula is C11H15O5P. The van der Waals surface area contributed by atoms with Crippen LogP contribution >= 0.6 is 8.25 Å². The maximum absolute atomic E-state index is 11.2. The molecule has 0 bridgehead atoms. The van der Waals surface area contributed by atoms with Gasteiger partial charge in [-0.15, -0.1) is 0 Å². The summed E-state index contributed by atoms with van der Waals surface area (Å²) >= 11 is 0. The molecule has 1 N–H and O–H groups in total. The molecule has 1 aromatic rings. The van der Waals surface area contributed by atoms with Crippen molar-refractivity contribution in [3.8, 4) is 0 Å². The van der Waals surface area contributed by atoms with Crippen molar-refractivity contribution in [2.75, 3.05) is 7.11 Å². The van der Waals surface area contributed by atoms with Crippen LogP contribution in [0.25, 0.3) is 0 Å². The average molecular weight is 258 g/mol. The molecule has 0 amide bonds. The number of carbonyl (C=O) groups is 1. The minimum atomic E-state index is -3.01. The SMILES string of the molecule is COC(=O)c1ccc(C(C)(C)O[PH](=O)O)cc1. The molecule has 17 heavy (non-hydrogen) atoms. The molecule has 0 fully saturated rings. The molecule has 0 saturated carbocycles. The van der Waals surface area contributed by atoms with Gasteiger partial charge in [0.2, 0.25) is 0 Å². The molecule has 0 saturated heterocycles. The molecule has 0 aliphatic heterocycles. The standard InChI is InChI=1S/C11H15O5P/c1-11(2,16-17(13)14)9-6-4-8(5-7-9)10(12)15-3/h4-7,17H,1-3H3,(H,13,14). The second-order valence-electron chi connectivity index (χ2n) is 3.95. The number of ether oxygens (including phenoxy) is 1. The Morgan fingerprint density at radius 2 is 1.82 bits per heavy atom. The van der Waals surface area contributed by atoms with Crippen molar-refractivity contribution in [3.05, 3.63) is 35.4 Å². The highest BCUT2D eigenvalue weighted by Crippen LogP contribution is 2.34. The average Bonchev–Trinajstić information content (AvgIpc) is 2.26. The lowest BCUT2D eigenvalue weighted by Gasteiger charge is -2.23. The van der Waals surface area contributed by atoms with Crippen molar-refractivity contribution in [1.29, 1.82) is 0 Å². The van der Waals surface area contributed by atoms with Crippen LogP contribution in [0.1, 0.15) is 29.8 Å². The van der Waals surface area contributed by atoms with Gasteiger partial charge in [0.1, 0.15) is 0 Å². The Labute approximate surface area is 100 Å². The van der Waals surface area contributed by atoms with Gasteiger partial charge in [-0.2, -0.15) is 0 Å². The molecule has 6 heteroatoms. The van der Waals surface area contributed by atoms with Gasteiger partial charge in [-0.05, 0) is 31.5 Å². The zero-order valence-corrected chi connectivity index (χ0v) is 10.9. The summed E-state index contributed by atoms with van der Waals surface area (Å²) in [6.45, 7) is 3.36. The molecule has 1 unspecified atom stereocenters. The van der Waals surface area contributed by atoms with E-state index in [-0.39, 0.29) is 0 Å². The molecule has 1 atom stereocenters. The molecule has 5 nitrogen and oxygen atoms in total. The molecule has 0 spiro atoms. The molecule has 0 aliphatic carbocycles. The van der Waals surface area contributed by atoms with Crippen LogP contribution in [0.4, 0.5) is 0 Å². The second-order valence-corrected chi connectivity index (χ2v) is 4.68. The van der Waals surface area contributed by atoms with Crippen LogP contribution in [0.15, 0.2) is 24.3 Å². The van der Waals surface area contributed by atoms with Gasteiger partial charge < -0.3 is 9.63 Å².